The molecule has 0 radical (unpaired) electrons. The predicted molar refractivity (Wildman–Crippen MR) is 106 cm³/mol. The fraction of sp³-hybridized carbons (Fsp3) is 0.737. The highest BCUT2D eigenvalue weighted by Crippen LogP contribution is 2.44. The van der Waals surface area contributed by atoms with E-state index in [2.05, 4.69) is 4.18 Å². The van der Waals surface area contributed by atoms with Gasteiger partial charge in [-0.25, -0.2) is 4.18 Å². The van der Waals surface area contributed by atoms with E-state index < -0.39 is 64.8 Å². The fourth-order valence-electron chi connectivity index (χ4n) is 3.72. The molecular weight excluding hydrogens is 436 g/mol. The van der Waals surface area contributed by atoms with Crippen LogP contribution in [0.4, 0.5) is 0 Å². The summed E-state index contributed by atoms with van der Waals surface area (Å²) in [7, 11) is -4.81. The van der Waals surface area contributed by atoms with Gasteiger partial charge in [-0.05, 0) is 31.6 Å². The maximum atomic E-state index is 11.8. The van der Waals surface area contributed by atoms with Gasteiger partial charge in [-0.2, -0.15) is 8.42 Å². The SMILES string of the molecule is CC1=CC(=O)CC(C)(C)C1(O)C=CC(C)OC1OC(COS(=O)(=O)O)C(O)C(O)C1O. The van der Waals surface area contributed by atoms with Crippen LogP contribution in [0.15, 0.2) is 23.8 Å². The van der Waals surface area contributed by atoms with Crippen molar-refractivity contribution in [1.29, 1.82) is 0 Å². The first kappa shape index (κ1) is 26.0. The molecule has 0 spiro atoms. The van der Waals surface area contributed by atoms with Crippen LogP contribution in [0.2, 0.25) is 0 Å². The number of carbonyl (C=O) groups is 1. The molecule has 7 unspecified atom stereocenters. The summed E-state index contributed by atoms with van der Waals surface area (Å²) < 4.78 is 45.2. The lowest BCUT2D eigenvalue weighted by Crippen LogP contribution is -2.59. The minimum atomic E-state index is -4.81. The number of hydrogen-bond donors (Lipinski definition) is 5. The second kappa shape index (κ2) is 9.33. The second-order valence-corrected chi connectivity index (χ2v) is 9.64. The van der Waals surface area contributed by atoms with Crippen LogP contribution in [-0.4, -0.2) is 88.2 Å². The number of allylic oxidation sites excluding steroid dienone is 1. The highest BCUT2D eigenvalue weighted by atomic mass is 32.3. The van der Waals surface area contributed by atoms with Gasteiger partial charge in [-0.15, -0.1) is 0 Å². The van der Waals surface area contributed by atoms with Gasteiger partial charge in [-0.3, -0.25) is 9.35 Å². The molecule has 0 aromatic heterocycles. The van der Waals surface area contributed by atoms with E-state index >= 15 is 0 Å². The Hall–Kier alpha value is -1.22. The van der Waals surface area contributed by atoms with Crippen molar-refractivity contribution in [2.45, 2.75) is 76.5 Å². The lowest BCUT2D eigenvalue weighted by atomic mass is 9.64. The molecular formula is C19H30O11S. The zero-order chi connectivity index (χ0) is 23.8. The van der Waals surface area contributed by atoms with Gasteiger partial charge < -0.3 is 29.9 Å². The fourth-order valence-corrected chi connectivity index (χ4v) is 4.02. The summed E-state index contributed by atoms with van der Waals surface area (Å²) in [6, 6.07) is 0. The normalized spacial score (nSPS) is 37.6. The largest absolute Gasteiger partial charge is 0.397 e. The first-order valence-corrected chi connectivity index (χ1v) is 11.0. The van der Waals surface area contributed by atoms with Gasteiger partial charge in [0.2, 0.25) is 0 Å². The van der Waals surface area contributed by atoms with E-state index in [0.29, 0.717) is 5.57 Å². The summed E-state index contributed by atoms with van der Waals surface area (Å²) in [6.45, 7) is 5.89. The van der Waals surface area contributed by atoms with E-state index in [1.54, 1.807) is 27.7 Å². The molecule has 0 amide bonds. The molecule has 11 nitrogen and oxygen atoms in total. The van der Waals surface area contributed by atoms with Gasteiger partial charge in [-0.1, -0.05) is 19.9 Å². The van der Waals surface area contributed by atoms with E-state index in [1.165, 1.54) is 18.2 Å². The Balaban J connectivity index is 2.11. The van der Waals surface area contributed by atoms with Crippen LogP contribution in [0.25, 0.3) is 0 Å². The predicted octanol–water partition coefficient (Wildman–Crippen LogP) is -0.749. The average Bonchev–Trinajstić information content (AvgIpc) is 2.63. The van der Waals surface area contributed by atoms with Crippen LogP contribution in [0, 0.1) is 5.41 Å². The summed E-state index contributed by atoms with van der Waals surface area (Å²) in [5, 5.41) is 41.2. The molecule has 0 aromatic rings. The molecule has 1 saturated heterocycles. The number of rotatable bonds is 7. The number of aliphatic hydroxyl groups is 4. The molecule has 1 heterocycles. The van der Waals surface area contributed by atoms with Crippen molar-refractivity contribution < 1.29 is 51.8 Å². The number of ketones is 1. The molecule has 7 atom stereocenters. The maximum absolute atomic E-state index is 11.8. The third-order valence-corrected chi connectivity index (χ3v) is 6.07. The zero-order valence-corrected chi connectivity index (χ0v) is 18.5. The van der Waals surface area contributed by atoms with E-state index in [-0.39, 0.29) is 12.2 Å². The van der Waals surface area contributed by atoms with Crippen molar-refractivity contribution in [2.24, 2.45) is 5.41 Å². The van der Waals surface area contributed by atoms with Crippen LogP contribution in [0.1, 0.15) is 34.1 Å². The standard InChI is InChI=1S/C19H30O11S/c1-10-7-12(20)8-18(3,4)19(10,24)6-5-11(2)29-17-16(23)15(22)14(21)13(30-17)9-28-31(25,26)27/h5-7,11,13-17,21-24H,8-9H2,1-4H3,(H,25,26,27). The topological polar surface area (TPSA) is 180 Å². The molecule has 178 valence electrons. The Labute approximate surface area is 180 Å². The number of aliphatic hydroxyl groups excluding tert-OH is 3. The van der Waals surface area contributed by atoms with Crippen LogP contribution < -0.4 is 0 Å². The van der Waals surface area contributed by atoms with E-state index in [0.717, 1.165) is 0 Å². The molecule has 12 heteroatoms. The molecule has 1 aliphatic heterocycles. The monoisotopic (exact) mass is 466 g/mol. The average molecular weight is 467 g/mol. The summed E-state index contributed by atoms with van der Waals surface area (Å²) >= 11 is 0. The van der Waals surface area contributed by atoms with Gasteiger partial charge in [0, 0.05) is 11.8 Å². The van der Waals surface area contributed by atoms with Crippen LogP contribution in [-0.2, 0) is 28.9 Å². The van der Waals surface area contributed by atoms with E-state index in [1.807, 2.05) is 0 Å². The summed E-state index contributed by atoms with van der Waals surface area (Å²) in [4.78, 5) is 11.8. The van der Waals surface area contributed by atoms with Crippen molar-refractivity contribution in [3.63, 3.8) is 0 Å². The smallest absolute Gasteiger partial charge is 0.387 e. The molecule has 0 saturated carbocycles. The molecule has 31 heavy (non-hydrogen) atoms. The van der Waals surface area contributed by atoms with Gasteiger partial charge >= 0.3 is 10.4 Å². The van der Waals surface area contributed by atoms with Crippen LogP contribution in [0.3, 0.4) is 0 Å². The maximum Gasteiger partial charge on any atom is 0.397 e. The second-order valence-electron chi connectivity index (χ2n) is 8.55. The van der Waals surface area contributed by atoms with Crippen molar-refractivity contribution in [3.8, 4) is 0 Å². The number of carbonyl (C=O) groups excluding carboxylic acids is 1. The summed E-state index contributed by atoms with van der Waals surface area (Å²) in [5.74, 6) is -0.0886. The van der Waals surface area contributed by atoms with E-state index in [9.17, 15) is 33.6 Å². The Kier molecular flexibility index (Phi) is 7.84. The minimum absolute atomic E-state index is 0.0886. The summed E-state index contributed by atoms with van der Waals surface area (Å²) in [6.07, 6.45) is -4.26. The molecule has 2 rings (SSSR count). The molecule has 5 N–H and O–H groups in total. The third kappa shape index (κ3) is 5.97. The highest BCUT2D eigenvalue weighted by Gasteiger charge is 2.47. The Morgan fingerprint density at radius 3 is 2.42 bits per heavy atom. The summed E-state index contributed by atoms with van der Waals surface area (Å²) in [5.41, 5.74) is -1.74. The lowest BCUT2D eigenvalue weighted by molar-refractivity contribution is -0.305. The quantitative estimate of drug-likeness (QED) is 0.235. The Bertz CT molecular complexity index is 834. The Morgan fingerprint density at radius 1 is 1.26 bits per heavy atom. The minimum Gasteiger partial charge on any atom is -0.387 e. The highest BCUT2D eigenvalue weighted by molar-refractivity contribution is 7.80. The van der Waals surface area contributed by atoms with E-state index in [4.69, 9.17) is 14.0 Å². The number of ether oxygens (including phenoxy) is 2. The van der Waals surface area contributed by atoms with Crippen molar-refractivity contribution in [3.05, 3.63) is 23.8 Å². The van der Waals surface area contributed by atoms with Gasteiger partial charge in [0.25, 0.3) is 0 Å². The molecule has 0 bridgehead atoms. The molecule has 0 aromatic carbocycles. The zero-order valence-electron chi connectivity index (χ0n) is 17.7. The first-order valence-electron chi connectivity index (χ1n) is 9.68. The molecule has 1 fully saturated rings. The van der Waals surface area contributed by atoms with Crippen LogP contribution in [0.5, 0.6) is 0 Å². The Morgan fingerprint density at radius 2 is 1.87 bits per heavy atom. The lowest BCUT2D eigenvalue weighted by Gasteiger charge is -2.44. The van der Waals surface area contributed by atoms with Crippen molar-refractivity contribution >= 4 is 16.2 Å². The van der Waals surface area contributed by atoms with Crippen molar-refractivity contribution in [2.75, 3.05) is 6.61 Å². The molecule has 1 aliphatic carbocycles. The molecule has 2 aliphatic rings. The van der Waals surface area contributed by atoms with Gasteiger partial charge in [0.05, 0.1) is 12.7 Å². The number of hydrogen-bond acceptors (Lipinski definition) is 10. The first-order chi connectivity index (χ1) is 14.1. The van der Waals surface area contributed by atoms with Gasteiger partial charge in [0.15, 0.2) is 12.1 Å². The van der Waals surface area contributed by atoms with Crippen LogP contribution >= 0.6 is 0 Å². The van der Waals surface area contributed by atoms with Gasteiger partial charge in [0.1, 0.15) is 30.0 Å². The third-order valence-electron chi connectivity index (χ3n) is 5.63. The van der Waals surface area contributed by atoms with Crippen molar-refractivity contribution in [1.82, 2.24) is 0 Å².